The molecule has 4 rings (SSSR count). The highest BCUT2D eigenvalue weighted by atomic mass is 79.9. The Balaban J connectivity index is 1.75. The average molecular weight is 403 g/mol. The van der Waals surface area contributed by atoms with E-state index in [2.05, 4.69) is 94.2 Å². The van der Waals surface area contributed by atoms with Gasteiger partial charge in [0, 0.05) is 11.0 Å². The Hall–Kier alpha value is -2.65. The van der Waals surface area contributed by atoms with Crippen LogP contribution in [0.4, 0.5) is 0 Å². The van der Waals surface area contributed by atoms with Crippen LogP contribution in [0.2, 0.25) is 0 Å². The van der Waals surface area contributed by atoms with Gasteiger partial charge in [-0.25, -0.2) is 4.98 Å². The van der Waals surface area contributed by atoms with Crippen LogP contribution < -0.4 is 0 Å². The van der Waals surface area contributed by atoms with Crippen molar-refractivity contribution < 1.29 is 0 Å². The number of imidazole rings is 1. The number of hydrogen-bond donors (Lipinski definition) is 0. The monoisotopic (exact) mass is 402 g/mol. The second-order valence-electron chi connectivity index (χ2n) is 6.42. The first-order chi connectivity index (χ1) is 12.7. The molecule has 0 saturated heterocycles. The molecule has 2 nitrogen and oxygen atoms in total. The summed E-state index contributed by atoms with van der Waals surface area (Å²) in [6, 6.07) is 25.3. The van der Waals surface area contributed by atoms with Gasteiger partial charge in [-0.05, 0) is 48.4 Å². The zero-order valence-electron chi connectivity index (χ0n) is 14.6. The first-order valence-corrected chi connectivity index (χ1v) is 9.43. The van der Waals surface area contributed by atoms with E-state index in [9.17, 15) is 0 Å². The summed E-state index contributed by atoms with van der Waals surface area (Å²) >= 11 is 3.53. The average Bonchev–Trinajstić information content (AvgIpc) is 3.00. The third kappa shape index (κ3) is 3.63. The molecule has 3 heteroatoms. The normalized spacial score (nSPS) is 11.5. The topological polar surface area (TPSA) is 17.8 Å². The van der Waals surface area contributed by atoms with E-state index in [4.69, 9.17) is 4.98 Å². The van der Waals surface area contributed by atoms with Crippen molar-refractivity contribution in [2.75, 3.05) is 0 Å². The lowest BCUT2D eigenvalue weighted by atomic mass is 10.1. The van der Waals surface area contributed by atoms with Crippen molar-refractivity contribution >= 4 is 39.1 Å². The SMILES string of the molecule is Cc1ccc(Cn2c(C=Cc3cccc(Br)c3)nc3ccccc32)cc1. The summed E-state index contributed by atoms with van der Waals surface area (Å²) in [6.07, 6.45) is 4.20. The molecule has 3 aromatic carbocycles. The zero-order chi connectivity index (χ0) is 17.9. The first kappa shape index (κ1) is 16.8. The molecule has 1 aromatic heterocycles. The Kier molecular flexibility index (Phi) is 4.72. The van der Waals surface area contributed by atoms with Gasteiger partial charge in [0.15, 0.2) is 0 Å². The van der Waals surface area contributed by atoms with Gasteiger partial charge in [0.05, 0.1) is 11.0 Å². The minimum atomic E-state index is 0.805. The van der Waals surface area contributed by atoms with Gasteiger partial charge in [-0.15, -0.1) is 0 Å². The van der Waals surface area contributed by atoms with Crippen LogP contribution in [0.5, 0.6) is 0 Å². The van der Waals surface area contributed by atoms with E-state index in [-0.39, 0.29) is 0 Å². The van der Waals surface area contributed by atoms with Crippen molar-refractivity contribution in [2.45, 2.75) is 13.5 Å². The maximum Gasteiger partial charge on any atom is 0.134 e. The molecule has 0 spiro atoms. The molecule has 0 unspecified atom stereocenters. The number of fused-ring (bicyclic) bond motifs is 1. The molecular weight excluding hydrogens is 384 g/mol. The van der Waals surface area contributed by atoms with Crippen LogP contribution in [0.25, 0.3) is 23.2 Å². The van der Waals surface area contributed by atoms with Crippen molar-refractivity contribution in [1.29, 1.82) is 0 Å². The lowest BCUT2D eigenvalue weighted by molar-refractivity contribution is 0.813. The molecule has 0 amide bonds. The van der Waals surface area contributed by atoms with Gasteiger partial charge in [-0.1, -0.05) is 76.1 Å². The molecule has 0 bridgehead atoms. The number of hydrogen-bond acceptors (Lipinski definition) is 1. The highest BCUT2D eigenvalue weighted by molar-refractivity contribution is 9.10. The quantitative estimate of drug-likeness (QED) is 0.390. The summed E-state index contributed by atoms with van der Waals surface area (Å²) in [4.78, 5) is 4.83. The Morgan fingerprint density at radius 1 is 0.923 bits per heavy atom. The van der Waals surface area contributed by atoms with Gasteiger partial charge in [0.25, 0.3) is 0 Å². The lowest BCUT2D eigenvalue weighted by Gasteiger charge is -2.08. The molecule has 4 aromatic rings. The smallest absolute Gasteiger partial charge is 0.134 e. The predicted molar refractivity (Wildman–Crippen MR) is 113 cm³/mol. The van der Waals surface area contributed by atoms with Crippen molar-refractivity contribution in [3.8, 4) is 0 Å². The standard InChI is InChI=1S/C23H19BrN2/c1-17-9-11-19(12-10-17)16-26-22-8-3-2-7-21(22)25-23(26)14-13-18-5-4-6-20(24)15-18/h2-15H,16H2,1H3. The molecule has 0 N–H and O–H groups in total. The molecule has 0 aliphatic heterocycles. The summed E-state index contributed by atoms with van der Waals surface area (Å²) in [5.74, 6) is 0.965. The van der Waals surface area contributed by atoms with Crippen molar-refractivity contribution in [2.24, 2.45) is 0 Å². The van der Waals surface area contributed by atoms with Gasteiger partial charge in [0.2, 0.25) is 0 Å². The molecule has 0 aliphatic rings. The minimum absolute atomic E-state index is 0.805. The highest BCUT2D eigenvalue weighted by Gasteiger charge is 2.08. The lowest BCUT2D eigenvalue weighted by Crippen LogP contribution is -2.02. The second kappa shape index (κ2) is 7.30. The van der Waals surface area contributed by atoms with Crippen molar-refractivity contribution in [1.82, 2.24) is 9.55 Å². The Bertz CT molecular complexity index is 1080. The van der Waals surface area contributed by atoms with Gasteiger partial charge in [-0.2, -0.15) is 0 Å². The van der Waals surface area contributed by atoms with Crippen LogP contribution in [0.3, 0.4) is 0 Å². The zero-order valence-corrected chi connectivity index (χ0v) is 16.1. The van der Waals surface area contributed by atoms with E-state index in [0.717, 1.165) is 33.4 Å². The Labute approximate surface area is 162 Å². The fourth-order valence-corrected chi connectivity index (χ4v) is 3.46. The van der Waals surface area contributed by atoms with Crippen LogP contribution in [0.1, 0.15) is 22.5 Å². The summed E-state index contributed by atoms with van der Waals surface area (Å²) in [7, 11) is 0. The van der Waals surface area contributed by atoms with Gasteiger partial charge < -0.3 is 4.57 Å². The number of para-hydroxylation sites is 2. The minimum Gasteiger partial charge on any atom is -0.320 e. The molecule has 128 valence electrons. The van der Waals surface area contributed by atoms with Gasteiger partial charge in [-0.3, -0.25) is 0 Å². The number of aryl methyl sites for hydroxylation is 1. The molecule has 0 atom stereocenters. The maximum absolute atomic E-state index is 4.83. The number of aromatic nitrogens is 2. The molecule has 1 heterocycles. The third-order valence-electron chi connectivity index (χ3n) is 4.42. The largest absolute Gasteiger partial charge is 0.320 e. The summed E-state index contributed by atoms with van der Waals surface area (Å²) in [6.45, 7) is 2.92. The van der Waals surface area contributed by atoms with Crippen LogP contribution in [0.15, 0.2) is 77.3 Å². The Morgan fingerprint density at radius 2 is 1.73 bits per heavy atom. The molecule has 0 aliphatic carbocycles. The summed E-state index contributed by atoms with van der Waals surface area (Å²) < 4.78 is 3.35. The van der Waals surface area contributed by atoms with Gasteiger partial charge in [0.1, 0.15) is 5.82 Å². The fraction of sp³-hybridized carbons (Fsp3) is 0.0870. The molecule has 0 fully saturated rings. The number of benzene rings is 3. The van der Waals surface area contributed by atoms with Crippen LogP contribution in [0, 0.1) is 6.92 Å². The van der Waals surface area contributed by atoms with Crippen molar-refractivity contribution in [3.63, 3.8) is 0 Å². The van der Waals surface area contributed by atoms with Crippen LogP contribution in [-0.4, -0.2) is 9.55 Å². The van der Waals surface area contributed by atoms with E-state index in [1.807, 2.05) is 18.2 Å². The number of rotatable bonds is 4. The van der Waals surface area contributed by atoms with Crippen molar-refractivity contribution in [3.05, 3.63) is 99.8 Å². The van der Waals surface area contributed by atoms with E-state index in [0.29, 0.717) is 0 Å². The van der Waals surface area contributed by atoms with Crippen LogP contribution in [-0.2, 0) is 6.54 Å². The van der Waals surface area contributed by atoms with E-state index in [1.165, 1.54) is 11.1 Å². The number of halogens is 1. The highest BCUT2D eigenvalue weighted by Crippen LogP contribution is 2.21. The molecular formula is C23H19BrN2. The second-order valence-corrected chi connectivity index (χ2v) is 7.33. The third-order valence-corrected chi connectivity index (χ3v) is 4.91. The summed E-state index contributed by atoms with van der Waals surface area (Å²) in [5.41, 5.74) is 5.87. The van der Waals surface area contributed by atoms with Gasteiger partial charge >= 0.3 is 0 Å². The van der Waals surface area contributed by atoms with Crippen LogP contribution >= 0.6 is 15.9 Å². The van der Waals surface area contributed by atoms with E-state index < -0.39 is 0 Å². The van der Waals surface area contributed by atoms with E-state index in [1.54, 1.807) is 0 Å². The molecule has 0 radical (unpaired) electrons. The first-order valence-electron chi connectivity index (χ1n) is 8.63. The maximum atomic E-state index is 4.83. The number of nitrogens with zero attached hydrogens (tertiary/aromatic N) is 2. The Morgan fingerprint density at radius 3 is 2.54 bits per heavy atom. The summed E-state index contributed by atoms with van der Waals surface area (Å²) in [5, 5.41) is 0. The van der Waals surface area contributed by atoms with E-state index >= 15 is 0 Å². The predicted octanol–water partition coefficient (Wildman–Crippen LogP) is 6.33. The molecule has 26 heavy (non-hydrogen) atoms. The fourth-order valence-electron chi connectivity index (χ4n) is 3.04. The molecule has 0 saturated carbocycles.